The Morgan fingerprint density at radius 1 is 1.47 bits per heavy atom. The lowest BCUT2D eigenvalue weighted by Gasteiger charge is -2.18. The van der Waals surface area contributed by atoms with Gasteiger partial charge in [0.1, 0.15) is 5.76 Å². The maximum atomic E-state index is 12.1. The molecule has 0 radical (unpaired) electrons. The minimum absolute atomic E-state index is 0.176. The van der Waals surface area contributed by atoms with Crippen molar-refractivity contribution in [2.45, 2.75) is 38.1 Å². The van der Waals surface area contributed by atoms with Gasteiger partial charge < -0.3 is 15.4 Å². The summed E-state index contributed by atoms with van der Waals surface area (Å²) in [6, 6.07) is -0.261. The van der Waals surface area contributed by atoms with E-state index in [0.29, 0.717) is 12.1 Å². The number of allylic oxidation sites excluding steroid dienone is 3. The van der Waals surface area contributed by atoms with Crippen LogP contribution >= 0.6 is 0 Å². The van der Waals surface area contributed by atoms with Gasteiger partial charge in [0.05, 0.1) is 6.04 Å². The maximum absolute atomic E-state index is 12.1. The molecule has 7 heteroatoms. The summed E-state index contributed by atoms with van der Waals surface area (Å²) in [6.45, 7) is 0.787. The zero-order valence-electron chi connectivity index (χ0n) is 10.2. The van der Waals surface area contributed by atoms with Crippen molar-refractivity contribution in [2.75, 3.05) is 6.54 Å². The van der Waals surface area contributed by atoms with Crippen LogP contribution in [0.3, 0.4) is 0 Å². The van der Waals surface area contributed by atoms with Crippen LogP contribution < -0.4 is 10.6 Å². The van der Waals surface area contributed by atoms with E-state index in [-0.39, 0.29) is 24.1 Å². The number of amides is 1. The molecular weight excluding hydrogens is 261 g/mol. The van der Waals surface area contributed by atoms with Gasteiger partial charge in [-0.05, 0) is 31.9 Å². The summed E-state index contributed by atoms with van der Waals surface area (Å²) in [4.78, 5) is 11.8. The van der Waals surface area contributed by atoms with Crippen LogP contribution in [-0.4, -0.2) is 24.9 Å². The molecule has 106 valence electrons. The zero-order valence-corrected chi connectivity index (χ0v) is 10.2. The molecule has 0 saturated carbocycles. The molecule has 0 bridgehead atoms. The number of alkyl halides is 3. The molecule has 1 aliphatic carbocycles. The summed E-state index contributed by atoms with van der Waals surface area (Å²) < 4.78 is 40.2. The van der Waals surface area contributed by atoms with E-state index in [1.54, 1.807) is 6.08 Å². The lowest BCUT2D eigenvalue weighted by atomic mass is 10.1. The van der Waals surface area contributed by atoms with Crippen LogP contribution in [0.15, 0.2) is 23.6 Å². The molecule has 2 rings (SSSR count). The Labute approximate surface area is 108 Å². The molecule has 0 aromatic carbocycles. The fourth-order valence-electron chi connectivity index (χ4n) is 2.13. The Kier molecular flexibility index (Phi) is 4.14. The van der Waals surface area contributed by atoms with Crippen LogP contribution in [-0.2, 0) is 9.53 Å². The average Bonchev–Trinajstić information content (AvgIpc) is 2.80. The van der Waals surface area contributed by atoms with E-state index in [4.69, 9.17) is 0 Å². The van der Waals surface area contributed by atoms with Gasteiger partial charge in [0.2, 0.25) is 5.91 Å². The van der Waals surface area contributed by atoms with Gasteiger partial charge in [-0.1, -0.05) is 6.08 Å². The quantitative estimate of drug-likeness (QED) is 0.828. The molecular formula is C12H15F3N2O2. The minimum atomic E-state index is -4.69. The minimum Gasteiger partial charge on any atom is -0.410 e. The molecule has 2 N–H and O–H groups in total. The first-order valence-corrected chi connectivity index (χ1v) is 6.15. The van der Waals surface area contributed by atoms with Gasteiger partial charge in [-0.25, -0.2) is 0 Å². The van der Waals surface area contributed by atoms with Gasteiger partial charge in [0, 0.05) is 12.1 Å². The third-order valence-corrected chi connectivity index (χ3v) is 2.96. The van der Waals surface area contributed by atoms with Crippen LogP contribution in [0.1, 0.15) is 25.7 Å². The van der Waals surface area contributed by atoms with E-state index >= 15 is 0 Å². The fourth-order valence-corrected chi connectivity index (χ4v) is 2.13. The Morgan fingerprint density at radius 2 is 2.26 bits per heavy atom. The second-order valence-corrected chi connectivity index (χ2v) is 4.49. The highest BCUT2D eigenvalue weighted by Crippen LogP contribution is 2.26. The topological polar surface area (TPSA) is 50.4 Å². The Balaban J connectivity index is 1.93. The smallest absolute Gasteiger partial charge is 0.410 e. The number of carbonyl (C=O) groups excluding carboxylic acids is 1. The first-order valence-electron chi connectivity index (χ1n) is 6.15. The second kappa shape index (κ2) is 5.64. The van der Waals surface area contributed by atoms with Crippen molar-refractivity contribution in [2.24, 2.45) is 0 Å². The number of hydrogen-bond acceptors (Lipinski definition) is 3. The van der Waals surface area contributed by atoms with Crippen LogP contribution in [0.25, 0.3) is 0 Å². The Morgan fingerprint density at radius 3 is 2.89 bits per heavy atom. The summed E-state index contributed by atoms with van der Waals surface area (Å²) in [5.41, 5.74) is 0.365. The largest absolute Gasteiger partial charge is 0.572 e. The van der Waals surface area contributed by atoms with Gasteiger partial charge >= 0.3 is 6.36 Å². The van der Waals surface area contributed by atoms with Crippen molar-refractivity contribution in [3.63, 3.8) is 0 Å². The van der Waals surface area contributed by atoms with Crippen molar-refractivity contribution >= 4 is 5.91 Å². The fraction of sp³-hybridized carbons (Fsp3) is 0.583. The van der Waals surface area contributed by atoms with Crippen LogP contribution in [0, 0.1) is 0 Å². The maximum Gasteiger partial charge on any atom is 0.572 e. The van der Waals surface area contributed by atoms with Crippen molar-refractivity contribution in [1.82, 2.24) is 10.6 Å². The SMILES string of the molecule is O=C(NC1=CCCC(OC(F)(F)F)=C1)C1CCCN1. The van der Waals surface area contributed by atoms with E-state index in [2.05, 4.69) is 15.4 Å². The summed E-state index contributed by atoms with van der Waals surface area (Å²) in [5, 5.41) is 5.64. The van der Waals surface area contributed by atoms with E-state index < -0.39 is 6.36 Å². The molecule has 19 heavy (non-hydrogen) atoms. The highest BCUT2D eigenvalue weighted by molar-refractivity contribution is 5.84. The molecule has 0 aromatic rings. The van der Waals surface area contributed by atoms with Gasteiger partial charge in [-0.3, -0.25) is 4.79 Å². The molecule has 1 saturated heterocycles. The number of hydrogen-bond donors (Lipinski definition) is 2. The third-order valence-electron chi connectivity index (χ3n) is 2.96. The van der Waals surface area contributed by atoms with Gasteiger partial charge in [0.15, 0.2) is 0 Å². The molecule has 1 atom stereocenters. The molecule has 0 spiro atoms. The predicted octanol–water partition coefficient (Wildman–Crippen LogP) is 1.95. The standard InChI is InChI=1S/C12H15F3N2O2/c13-12(14,15)19-9-4-1-3-8(7-9)17-11(18)10-5-2-6-16-10/h3,7,10,16H,1-2,4-6H2,(H,17,18). The number of carbonyl (C=O) groups is 1. The number of ether oxygens (including phenoxy) is 1. The average molecular weight is 276 g/mol. The molecule has 1 fully saturated rings. The van der Waals surface area contributed by atoms with Gasteiger partial charge in [-0.15, -0.1) is 13.2 Å². The van der Waals surface area contributed by atoms with Crippen LogP contribution in [0.2, 0.25) is 0 Å². The first-order chi connectivity index (χ1) is 8.94. The summed E-state index contributed by atoms with van der Waals surface area (Å²) in [5.74, 6) is -0.391. The molecule has 1 amide bonds. The Bertz CT molecular complexity index is 410. The lowest BCUT2D eigenvalue weighted by molar-refractivity contribution is -0.306. The van der Waals surface area contributed by atoms with E-state index in [1.165, 1.54) is 6.08 Å². The Hall–Kier alpha value is -1.50. The highest BCUT2D eigenvalue weighted by atomic mass is 19.4. The third kappa shape index (κ3) is 4.27. The predicted molar refractivity (Wildman–Crippen MR) is 61.7 cm³/mol. The number of nitrogens with one attached hydrogen (secondary N) is 2. The first kappa shape index (κ1) is 13.9. The van der Waals surface area contributed by atoms with Crippen LogP contribution in [0.5, 0.6) is 0 Å². The number of rotatable bonds is 3. The van der Waals surface area contributed by atoms with Crippen molar-refractivity contribution < 1.29 is 22.7 Å². The molecule has 2 aliphatic rings. The molecule has 0 aromatic heterocycles. The van der Waals surface area contributed by atoms with Crippen molar-refractivity contribution in [3.05, 3.63) is 23.6 Å². The summed E-state index contributed by atoms with van der Waals surface area (Å²) in [7, 11) is 0. The van der Waals surface area contributed by atoms with Gasteiger partial charge in [-0.2, -0.15) is 0 Å². The molecule has 1 unspecified atom stereocenters. The summed E-state index contributed by atoms with van der Waals surface area (Å²) >= 11 is 0. The van der Waals surface area contributed by atoms with E-state index in [1.807, 2.05) is 0 Å². The molecule has 1 aliphatic heterocycles. The lowest BCUT2D eigenvalue weighted by Crippen LogP contribution is -2.40. The normalized spacial score (nSPS) is 23.6. The van der Waals surface area contributed by atoms with E-state index in [9.17, 15) is 18.0 Å². The zero-order chi connectivity index (χ0) is 13.9. The van der Waals surface area contributed by atoms with Crippen molar-refractivity contribution in [1.29, 1.82) is 0 Å². The second-order valence-electron chi connectivity index (χ2n) is 4.49. The summed E-state index contributed by atoms with van der Waals surface area (Å²) in [6.07, 6.45) is 0.492. The van der Waals surface area contributed by atoms with Gasteiger partial charge in [0.25, 0.3) is 0 Å². The monoisotopic (exact) mass is 276 g/mol. The molecule has 4 nitrogen and oxygen atoms in total. The number of halogens is 3. The van der Waals surface area contributed by atoms with Crippen molar-refractivity contribution in [3.8, 4) is 0 Å². The van der Waals surface area contributed by atoms with E-state index in [0.717, 1.165) is 19.4 Å². The highest BCUT2D eigenvalue weighted by Gasteiger charge is 2.32. The van der Waals surface area contributed by atoms with Crippen LogP contribution in [0.4, 0.5) is 13.2 Å². The molecule has 1 heterocycles.